The zero-order valence-corrected chi connectivity index (χ0v) is 13.2. The van der Waals surface area contributed by atoms with Crippen LogP contribution in [0.1, 0.15) is 20.3 Å². The molecular weight excluding hydrogens is 295 g/mol. The molecule has 1 aliphatic rings. The van der Waals surface area contributed by atoms with Crippen LogP contribution in [0.15, 0.2) is 24.3 Å². The molecular formula is C15H22ClFN2O2. The molecule has 1 N–H and O–H groups in total. The fourth-order valence-corrected chi connectivity index (χ4v) is 2.36. The number of hydrogen-bond acceptors (Lipinski definition) is 3. The highest BCUT2D eigenvalue weighted by Gasteiger charge is 2.27. The highest BCUT2D eigenvalue weighted by atomic mass is 35.5. The standard InChI is InChI=1S/C15H21FN2O2.ClH/c1-11-12(2)18(9-8-17-11)15(19)7-10-20-14-6-4-3-5-13(14)16;/h3-6,11-12,17H,7-10H2,1-2H3;1H. The van der Waals surface area contributed by atoms with Crippen molar-refractivity contribution in [3.05, 3.63) is 30.1 Å². The predicted molar refractivity (Wildman–Crippen MR) is 82.4 cm³/mol. The Bertz CT molecular complexity index is 473. The Kier molecular flexibility index (Phi) is 6.92. The lowest BCUT2D eigenvalue weighted by molar-refractivity contribution is -0.135. The number of halogens is 2. The van der Waals surface area contributed by atoms with E-state index in [0.717, 1.165) is 6.54 Å². The first-order valence-corrected chi connectivity index (χ1v) is 7.00. The number of carbonyl (C=O) groups is 1. The van der Waals surface area contributed by atoms with Gasteiger partial charge in [-0.25, -0.2) is 4.39 Å². The van der Waals surface area contributed by atoms with Gasteiger partial charge in [0.05, 0.1) is 13.0 Å². The van der Waals surface area contributed by atoms with E-state index in [-0.39, 0.29) is 43.1 Å². The maximum atomic E-state index is 13.4. The molecule has 0 spiro atoms. The molecule has 1 heterocycles. The van der Waals surface area contributed by atoms with Crippen LogP contribution in [0.4, 0.5) is 4.39 Å². The Hall–Kier alpha value is -1.33. The number of benzene rings is 1. The first-order valence-electron chi connectivity index (χ1n) is 7.00. The zero-order chi connectivity index (χ0) is 14.5. The summed E-state index contributed by atoms with van der Waals surface area (Å²) >= 11 is 0. The third-order valence-corrected chi connectivity index (χ3v) is 3.76. The molecule has 1 aromatic rings. The fourth-order valence-electron chi connectivity index (χ4n) is 2.36. The highest BCUT2D eigenvalue weighted by Crippen LogP contribution is 2.16. The minimum atomic E-state index is -0.399. The van der Waals surface area contributed by atoms with Crippen LogP contribution in [0.2, 0.25) is 0 Å². The van der Waals surface area contributed by atoms with E-state index >= 15 is 0 Å². The second-order valence-electron chi connectivity index (χ2n) is 5.10. The molecule has 1 saturated heterocycles. The van der Waals surface area contributed by atoms with Crippen LogP contribution < -0.4 is 10.1 Å². The Morgan fingerprint density at radius 3 is 2.86 bits per heavy atom. The number of ether oxygens (including phenoxy) is 1. The number of amides is 1. The zero-order valence-electron chi connectivity index (χ0n) is 12.3. The van der Waals surface area contributed by atoms with Crippen LogP contribution >= 0.6 is 12.4 Å². The average Bonchev–Trinajstić information content (AvgIpc) is 2.44. The number of nitrogens with one attached hydrogen (secondary N) is 1. The van der Waals surface area contributed by atoms with Gasteiger partial charge < -0.3 is 15.0 Å². The van der Waals surface area contributed by atoms with Gasteiger partial charge in [0.25, 0.3) is 0 Å². The van der Waals surface area contributed by atoms with Gasteiger partial charge in [-0.1, -0.05) is 12.1 Å². The fraction of sp³-hybridized carbons (Fsp3) is 0.533. The molecule has 1 aliphatic heterocycles. The summed E-state index contributed by atoms with van der Waals surface area (Å²) in [4.78, 5) is 14.0. The van der Waals surface area contributed by atoms with Crippen LogP contribution in [-0.4, -0.2) is 42.6 Å². The molecule has 0 bridgehead atoms. The second-order valence-corrected chi connectivity index (χ2v) is 5.10. The summed E-state index contributed by atoms with van der Waals surface area (Å²) < 4.78 is 18.7. The minimum absolute atomic E-state index is 0. The van der Waals surface area contributed by atoms with Crippen molar-refractivity contribution in [1.82, 2.24) is 10.2 Å². The Morgan fingerprint density at radius 2 is 2.14 bits per heavy atom. The Balaban J connectivity index is 0.00000220. The average molecular weight is 317 g/mol. The topological polar surface area (TPSA) is 41.6 Å². The first kappa shape index (κ1) is 17.7. The number of piperazine rings is 1. The maximum absolute atomic E-state index is 13.4. The van der Waals surface area contributed by atoms with Gasteiger partial charge in [0.2, 0.25) is 5.91 Å². The van der Waals surface area contributed by atoms with E-state index in [0.29, 0.717) is 12.6 Å². The third kappa shape index (κ3) is 4.58. The van der Waals surface area contributed by atoms with Crippen LogP contribution in [-0.2, 0) is 4.79 Å². The SMILES string of the molecule is CC1NCCN(C(=O)CCOc2ccccc2F)C1C.Cl. The lowest BCUT2D eigenvalue weighted by Crippen LogP contribution is -2.57. The molecule has 2 atom stereocenters. The molecule has 1 aromatic carbocycles. The number of hydrogen-bond donors (Lipinski definition) is 1. The predicted octanol–water partition coefficient (Wildman–Crippen LogP) is 2.23. The van der Waals surface area contributed by atoms with Gasteiger partial charge in [0.1, 0.15) is 0 Å². The van der Waals surface area contributed by atoms with Crippen molar-refractivity contribution in [2.45, 2.75) is 32.4 Å². The molecule has 2 rings (SSSR count). The monoisotopic (exact) mass is 316 g/mol. The van der Waals surface area contributed by atoms with Gasteiger partial charge in [0, 0.05) is 25.2 Å². The van der Waals surface area contributed by atoms with Crippen molar-refractivity contribution in [3.8, 4) is 5.75 Å². The van der Waals surface area contributed by atoms with Crippen LogP contribution in [0.3, 0.4) is 0 Å². The van der Waals surface area contributed by atoms with Crippen LogP contribution in [0.25, 0.3) is 0 Å². The molecule has 2 unspecified atom stereocenters. The summed E-state index contributed by atoms with van der Waals surface area (Å²) in [5.41, 5.74) is 0. The molecule has 21 heavy (non-hydrogen) atoms. The molecule has 0 saturated carbocycles. The van der Waals surface area contributed by atoms with E-state index < -0.39 is 5.82 Å². The second kappa shape index (κ2) is 8.20. The van der Waals surface area contributed by atoms with Crippen molar-refractivity contribution in [2.24, 2.45) is 0 Å². The van der Waals surface area contributed by atoms with Crippen molar-refractivity contribution in [1.29, 1.82) is 0 Å². The molecule has 0 aliphatic carbocycles. The normalized spacial score (nSPS) is 21.6. The van der Waals surface area contributed by atoms with E-state index in [9.17, 15) is 9.18 Å². The van der Waals surface area contributed by atoms with E-state index in [1.165, 1.54) is 6.07 Å². The quantitative estimate of drug-likeness (QED) is 0.926. The van der Waals surface area contributed by atoms with Crippen LogP contribution in [0, 0.1) is 5.82 Å². The van der Waals surface area contributed by atoms with E-state index in [2.05, 4.69) is 12.2 Å². The molecule has 1 fully saturated rings. The molecule has 118 valence electrons. The van der Waals surface area contributed by atoms with E-state index in [1.807, 2.05) is 11.8 Å². The molecule has 0 aromatic heterocycles. The maximum Gasteiger partial charge on any atom is 0.226 e. The molecule has 0 radical (unpaired) electrons. The van der Waals surface area contributed by atoms with Gasteiger partial charge in [-0.3, -0.25) is 4.79 Å². The van der Waals surface area contributed by atoms with Gasteiger partial charge in [0.15, 0.2) is 11.6 Å². The summed E-state index contributed by atoms with van der Waals surface area (Å²) in [6.45, 7) is 5.83. The summed E-state index contributed by atoms with van der Waals surface area (Å²) in [5, 5.41) is 3.33. The van der Waals surface area contributed by atoms with Crippen molar-refractivity contribution in [3.63, 3.8) is 0 Å². The van der Waals surface area contributed by atoms with Crippen molar-refractivity contribution >= 4 is 18.3 Å². The summed E-state index contributed by atoms with van der Waals surface area (Å²) in [5.74, 6) is -0.145. The third-order valence-electron chi connectivity index (χ3n) is 3.76. The van der Waals surface area contributed by atoms with E-state index in [4.69, 9.17) is 4.74 Å². The highest BCUT2D eigenvalue weighted by molar-refractivity contribution is 5.85. The lowest BCUT2D eigenvalue weighted by Gasteiger charge is -2.38. The van der Waals surface area contributed by atoms with Gasteiger partial charge >= 0.3 is 0 Å². The summed E-state index contributed by atoms with van der Waals surface area (Å²) in [7, 11) is 0. The van der Waals surface area contributed by atoms with Crippen molar-refractivity contribution < 1.29 is 13.9 Å². The number of rotatable bonds is 4. The minimum Gasteiger partial charge on any atom is -0.490 e. The first-order chi connectivity index (χ1) is 9.59. The van der Waals surface area contributed by atoms with Gasteiger partial charge in [-0.2, -0.15) is 0 Å². The molecule has 1 amide bonds. The number of carbonyl (C=O) groups excluding carboxylic acids is 1. The van der Waals surface area contributed by atoms with Crippen LogP contribution in [0.5, 0.6) is 5.75 Å². The van der Waals surface area contributed by atoms with Crippen molar-refractivity contribution in [2.75, 3.05) is 19.7 Å². The molecule has 6 heteroatoms. The lowest BCUT2D eigenvalue weighted by atomic mass is 10.1. The largest absolute Gasteiger partial charge is 0.490 e. The number of nitrogens with zero attached hydrogens (tertiary/aromatic N) is 1. The molecule has 4 nitrogen and oxygen atoms in total. The summed E-state index contributed by atoms with van der Waals surface area (Å²) in [6, 6.07) is 6.69. The number of para-hydroxylation sites is 1. The Labute approximate surface area is 131 Å². The van der Waals surface area contributed by atoms with E-state index in [1.54, 1.807) is 18.2 Å². The Morgan fingerprint density at radius 1 is 1.43 bits per heavy atom. The summed E-state index contributed by atoms with van der Waals surface area (Å²) in [6.07, 6.45) is 0.269. The van der Waals surface area contributed by atoms with Gasteiger partial charge in [-0.05, 0) is 26.0 Å². The van der Waals surface area contributed by atoms with Gasteiger partial charge in [-0.15, -0.1) is 12.4 Å². The smallest absolute Gasteiger partial charge is 0.226 e.